The first kappa shape index (κ1) is 14.2. The van der Waals surface area contributed by atoms with Crippen LogP contribution in [0.4, 0.5) is 11.4 Å². The lowest BCUT2D eigenvalue weighted by atomic mass is 10.2. The summed E-state index contributed by atoms with van der Waals surface area (Å²) in [7, 11) is 0. The summed E-state index contributed by atoms with van der Waals surface area (Å²) in [4.78, 5) is 2.82. The second-order valence-electron chi connectivity index (χ2n) is 4.29. The number of aromatic amines is 1. The molecular formula is C14H8Cl3N3O. The topological polar surface area (TPSA) is 60.7 Å². The number of halogens is 3. The smallest absolute Gasteiger partial charge is 0.218 e. The fraction of sp³-hybridized carbons (Fsp3) is 0. The summed E-state index contributed by atoms with van der Waals surface area (Å²) in [6.45, 7) is 0. The van der Waals surface area contributed by atoms with E-state index in [9.17, 15) is 5.11 Å². The van der Waals surface area contributed by atoms with Crippen LogP contribution in [-0.4, -0.2) is 10.1 Å². The average Bonchev–Trinajstić information content (AvgIpc) is 2.73. The number of H-pyrrole nitrogens is 1. The fourth-order valence-corrected chi connectivity index (χ4v) is 2.84. The Morgan fingerprint density at radius 1 is 0.905 bits per heavy atom. The molecule has 0 aliphatic heterocycles. The van der Waals surface area contributed by atoms with Crippen LogP contribution in [0.15, 0.2) is 46.6 Å². The van der Waals surface area contributed by atoms with Crippen LogP contribution in [0.3, 0.4) is 0 Å². The van der Waals surface area contributed by atoms with Gasteiger partial charge in [-0.15, -0.1) is 10.2 Å². The number of aromatic nitrogens is 1. The van der Waals surface area contributed by atoms with E-state index in [1.165, 1.54) is 12.1 Å². The number of nitrogens with one attached hydrogen (secondary N) is 1. The SMILES string of the molecule is Oc1[nH]c2ccccc2c1N=Nc1c(Cl)cc(Cl)cc1Cl. The molecule has 2 aromatic carbocycles. The minimum Gasteiger partial charge on any atom is -0.493 e. The summed E-state index contributed by atoms with van der Waals surface area (Å²) >= 11 is 17.9. The number of benzene rings is 2. The third kappa shape index (κ3) is 2.70. The summed E-state index contributed by atoms with van der Waals surface area (Å²) in [6, 6.07) is 10.4. The van der Waals surface area contributed by atoms with Gasteiger partial charge >= 0.3 is 0 Å². The first-order valence-electron chi connectivity index (χ1n) is 5.92. The van der Waals surface area contributed by atoms with E-state index in [-0.39, 0.29) is 15.9 Å². The Hall–Kier alpha value is -1.75. The monoisotopic (exact) mass is 339 g/mol. The third-order valence-electron chi connectivity index (χ3n) is 2.89. The van der Waals surface area contributed by atoms with Crippen molar-refractivity contribution in [2.24, 2.45) is 10.2 Å². The summed E-state index contributed by atoms with van der Waals surface area (Å²) in [6.07, 6.45) is 0. The molecule has 3 rings (SSSR count). The van der Waals surface area contributed by atoms with E-state index in [2.05, 4.69) is 15.2 Å². The lowest BCUT2D eigenvalue weighted by Gasteiger charge is -2.01. The number of hydrogen-bond donors (Lipinski definition) is 2. The maximum absolute atomic E-state index is 9.90. The molecule has 2 N–H and O–H groups in total. The van der Waals surface area contributed by atoms with Crippen molar-refractivity contribution in [1.82, 2.24) is 4.98 Å². The molecule has 0 amide bonds. The third-order valence-corrected chi connectivity index (χ3v) is 3.69. The molecule has 0 aliphatic rings. The molecule has 1 heterocycles. The Morgan fingerprint density at radius 2 is 1.52 bits per heavy atom. The van der Waals surface area contributed by atoms with E-state index >= 15 is 0 Å². The molecule has 3 aromatic rings. The van der Waals surface area contributed by atoms with E-state index in [4.69, 9.17) is 34.8 Å². The number of hydrogen-bond acceptors (Lipinski definition) is 3. The average molecular weight is 341 g/mol. The Balaban J connectivity index is 2.08. The maximum atomic E-state index is 9.90. The van der Waals surface area contributed by atoms with Crippen molar-refractivity contribution >= 4 is 57.1 Å². The van der Waals surface area contributed by atoms with Crippen LogP contribution in [0.1, 0.15) is 0 Å². The highest BCUT2D eigenvalue weighted by Gasteiger charge is 2.11. The van der Waals surface area contributed by atoms with Crippen LogP contribution in [0, 0.1) is 0 Å². The van der Waals surface area contributed by atoms with E-state index in [1.807, 2.05) is 24.3 Å². The van der Waals surface area contributed by atoms with Gasteiger partial charge in [0.2, 0.25) is 5.88 Å². The molecule has 0 saturated heterocycles. The predicted molar refractivity (Wildman–Crippen MR) is 85.6 cm³/mol. The van der Waals surface area contributed by atoms with E-state index in [0.29, 0.717) is 16.4 Å². The largest absolute Gasteiger partial charge is 0.493 e. The van der Waals surface area contributed by atoms with Gasteiger partial charge in [0.05, 0.1) is 15.6 Å². The van der Waals surface area contributed by atoms with Crippen molar-refractivity contribution in [3.63, 3.8) is 0 Å². The zero-order valence-electron chi connectivity index (χ0n) is 10.4. The van der Waals surface area contributed by atoms with Crippen molar-refractivity contribution < 1.29 is 5.11 Å². The Kier molecular flexibility index (Phi) is 3.76. The highest BCUT2D eigenvalue weighted by Crippen LogP contribution is 2.40. The Labute approximate surface area is 135 Å². The van der Waals surface area contributed by atoms with Crippen LogP contribution < -0.4 is 0 Å². The summed E-state index contributed by atoms with van der Waals surface area (Å²) in [5.41, 5.74) is 1.39. The first-order chi connectivity index (χ1) is 10.1. The molecule has 0 radical (unpaired) electrons. The molecule has 1 aromatic heterocycles. The molecular weight excluding hydrogens is 333 g/mol. The molecule has 0 unspecified atom stereocenters. The number of aromatic hydroxyl groups is 1. The zero-order chi connectivity index (χ0) is 15.0. The molecule has 0 aliphatic carbocycles. The highest BCUT2D eigenvalue weighted by molar-refractivity contribution is 6.41. The molecule has 21 heavy (non-hydrogen) atoms. The number of para-hydroxylation sites is 1. The van der Waals surface area contributed by atoms with Crippen molar-refractivity contribution in [3.05, 3.63) is 51.5 Å². The van der Waals surface area contributed by atoms with Gasteiger partial charge in [-0.1, -0.05) is 53.0 Å². The molecule has 7 heteroatoms. The second kappa shape index (κ2) is 5.56. The van der Waals surface area contributed by atoms with Crippen LogP contribution in [0.2, 0.25) is 15.1 Å². The zero-order valence-corrected chi connectivity index (χ0v) is 12.7. The van der Waals surface area contributed by atoms with Gasteiger partial charge in [0.1, 0.15) is 5.69 Å². The number of rotatable bonds is 2. The normalized spacial score (nSPS) is 11.6. The van der Waals surface area contributed by atoms with Crippen LogP contribution in [0.25, 0.3) is 10.9 Å². The van der Waals surface area contributed by atoms with E-state index in [0.717, 1.165) is 10.9 Å². The number of azo groups is 1. The Morgan fingerprint density at radius 3 is 2.24 bits per heavy atom. The van der Waals surface area contributed by atoms with E-state index < -0.39 is 0 Å². The summed E-state index contributed by atoms with van der Waals surface area (Å²) < 4.78 is 0. The van der Waals surface area contributed by atoms with Crippen LogP contribution in [-0.2, 0) is 0 Å². The molecule has 0 bridgehead atoms. The molecule has 4 nitrogen and oxygen atoms in total. The molecule has 0 atom stereocenters. The highest BCUT2D eigenvalue weighted by atomic mass is 35.5. The van der Waals surface area contributed by atoms with Gasteiger partial charge in [0.15, 0.2) is 5.69 Å². The standard InChI is InChI=1S/C14H8Cl3N3O/c15-7-5-9(16)13(10(17)6-7)20-19-12-8-3-1-2-4-11(8)18-14(12)21/h1-6,18,21H. The van der Waals surface area contributed by atoms with Gasteiger partial charge in [-0.05, 0) is 18.2 Å². The molecule has 0 spiro atoms. The number of nitrogens with zero attached hydrogens (tertiary/aromatic N) is 2. The maximum Gasteiger partial charge on any atom is 0.218 e. The van der Waals surface area contributed by atoms with Gasteiger partial charge in [0, 0.05) is 10.4 Å². The van der Waals surface area contributed by atoms with Gasteiger partial charge in [-0.2, -0.15) is 0 Å². The van der Waals surface area contributed by atoms with Crippen molar-refractivity contribution in [1.29, 1.82) is 0 Å². The van der Waals surface area contributed by atoms with Crippen LogP contribution in [0.5, 0.6) is 5.88 Å². The van der Waals surface area contributed by atoms with Gasteiger partial charge in [-0.3, -0.25) is 0 Å². The van der Waals surface area contributed by atoms with Gasteiger partial charge < -0.3 is 10.1 Å². The lowest BCUT2D eigenvalue weighted by Crippen LogP contribution is -1.72. The van der Waals surface area contributed by atoms with Crippen molar-refractivity contribution in [2.45, 2.75) is 0 Å². The fourth-order valence-electron chi connectivity index (χ4n) is 1.94. The lowest BCUT2D eigenvalue weighted by molar-refractivity contribution is 0.459. The predicted octanol–water partition coefficient (Wildman–Crippen LogP) is 6.25. The molecule has 0 saturated carbocycles. The van der Waals surface area contributed by atoms with Crippen molar-refractivity contribution in [3.8, 4) is 5.88 Å². The van der Waals surface area contributed by atoms with E-state index in [1.54, 1.807) is 0 Å². The summed E-state index contributed by atoms with van der Waals surface area (Å²) in [5, 5.41) is 19.7. The van der Waals surface area contributed by atoms with Gasteiger partial charge in [0.25, 0.3) is 0 Å². The quantitative estimate of drug-likeness (QED) is 0.532. The second-order valence-corrected chi connectivity index (χ2v) is 5.54. The summed E-state index contributed by atoms with van der Waals surface area (Å²) in [5.74, 6) is -0.0684. The minimum absolute atomic E-state index is 0.0684. The van der Waals surface area contributed by atoms with Gasteiger partial charge in [-0.25, -0.2) is 0 Å². The first-order valence-corrected chi connectivity index (χ1v) is 7.05. The number of fused-ring (bicyclic) bond motifs is 1. The van der Waals surface area contributed by atoms with Crippen molar-refractivity contribution in [2.75, 3.05) is 0 Å². The minimum atomic E-state index is -0.0684. The Bertz CT molecular complexity index is 835. The van der Waals surface area contributed by atoms with Crippen LogP contribution >= 0.6 is 34.8 Å². The molecule has 0 fully saturated rings. The molecule has 106 valence electrons.